The first-order valence-corrected chi connectivity index (χ1v) is 7.40. The zero-order chi connectivity index (χ0) is 15.0. The third-order valence-electron chi connectivity index (χ3n) is 4.37. The molecule has 0 radical (unpaired) electrons. The van der Waals surface area contributed by atoms with Gasteiger partial charge in [-0.05, 0) is 31.4 Å². The summed E-state index contributed by atoms with van der Waals surface area (Å²) in [7, 11) is 0. The van der Waals surface area contributed by atoms with Gasteiger partial charge in [0.2, 0.25) is 5.89 Å². The fraction of sp³-hybridized carbons (Fsp3) is 0.467. The second-order valence-corrected chi connectivity index (χ2v) is 6.23. The lowest BCUT2D eigenvalue weighted by Crippen LogP contribution is -2.38. The Balaban J connectivity index is 1.84. The normalized spacial score (nSPS) is 25.4. The molecule has 1 saturated carbocycles. The van der Waals surface area contributed by atoms with Crippen LogP contribution >= 0.6 is 11.6 Å². The van der Waals surface area contributed by atoms with Crippen LogP contribution in [0.25, 0.3) is 0 Å². The maximum Gasteiger partial charge on any atom is 0.234 e. The molecule has 1 heterocycles. The third kappa shape index (κ3) is 2.56. The van der Waals surface area contributed by atoms with Crippen molar-refractivity contribution >= 4 is 11.6 Å². The first kappa shape index (κ1) is 14.5. The van der Waals surface area contributed by atoms with Crippen LogP contribution in [0.5, 0.6) is 0 Å². The Bertz CT molecular complexity index is 660. The molecule has 1 aliphatic rings. The lowest BCUT2D eigenvalue weighted by atomic mass is 9.85. The van der Waals surface area contributed by atoms with Crippen molar-refractivity contribution in [2.24, 2.45) is 5.73 Å². The number of aromatic nitrogens is 2. The molecule has 4 nitrogen and oxygen atoms in total. The van der Waals surface area contributed by atoms with Crippen LogP contribution in [0.4, 0.5) is 4.39 Å². The molecule has 1 fully saturated rings. The monoisotopic (exact) mass is 309 g/mol. The van der Waals surface area contributed by atoms with Crippen molar-refractivity contribution in [2.45, 2.75) is 44.1 Å². The van der Waals surface area contributed by atoms with Crippen LogP contribution in [0.15, 0.2) is 22.7 Å². The Kier molecular flexibility index (Phi) is 3.71. The van der Waals surface area contributed by atoms with Crippen molar-refractivity contribution in [3.63, 3.8) is 0 Å². The van der Waals surface area contributed by atoms with Crippen LogP contribution in [-0.2, 0) is 11.8 Å². The number of benzene rings is 1. The molecule has 0 amide bonds. The van der Waals surface area contributed by atoms with Gasteiger partial charge in [-0.2, -0.15) is 4.98 Å². The molecule has 112 valence electrons. The maximum atomic E-state index is 13.9. The summed E-state index contributed by atoms with van der Waals surface area (Å²) < 4.78 is 19.3. The van der Waals surface area contributed by atoms with Gasteiger partial charge in [-0.1, -0.05) is 35.3 Å². The summed E-state index contributed by atoms with van der Waals surface area (Å²) in [5.74, 6) is 0.561. The van der Waals surface area contributed by atoms with Crippen LogP contribution in [0.3, 0.4) is 0 Å². The molecule has 2 N–H and O–H groups in total. The molecule has 2 unspecified atom stereocenters. The lowest BCUT2D eigenvalue weighted by molar-refractivity contribution is 0.276. The second-order valence-electron chi connectivity index (χ2n) is 5.82. The highest BCUT2D eigenvalue weighted by Crippen LogP contribution is 2.39. The van der Waals surface area contributed by atoms with Gasteiger partial charge in [-0.15, -0.1) is 0 Å². The molecule has 0 spiro atoms. The summed E-state index contributed by atoms with van der Waals surface area (Å²) in [5.41, 5.74) is 6.32. The summed E-state index contributed by atoms with van der Waals surface area (Å²) in [6.07, 6.45) is 3.19. The number of nitrogens with zero attached hydrogens (tertiary/aromatic N) is 2. The number of hydrogen-bond donors (Lipinski definition) is 1. The molecule has 2 aromatic rings. The average molecular weight is 310 g/mol. The van der Waals surface area contributed by atoms with Gasteiger partial charge in [0.25, 0.3) is 0 Å². The summed E-state index contributed by atoms with van der Waals surface area (Å²) in [6, 6.07) is 4.91. The van der Waals surface area contributed by atoms with Gasteiger partial charge < -0.3 is 10.3 Å². The minimum atomic E-state index is -0.436. The second kappa shape index (κ2) is 5.39. The smallest absolute Gasteiger partial charge is 0.234 e. The highest BCUT2D eigenvalue weighted by Gasteiger charge is 2.42. The lowest BCUT2D eigenvalue weighted by Gasteiger charge is -2.23. The van der Waals surface area contributed by atoms with Crippen molar-refractivity contribution in [3.8, 4) is 0 Å². The van der Waals surface area contributed by atoms with E-state index in [1.165, 1.54) is 6.07 Å². The zero-order valence-corrected chi connectivity index (χ0v) is 12.5. The average Bonchev–Trinajstić information content (AvgIpc) is 3.04. The molecule has 0 bridgehead atoms. The minimum absolute atomic E-state index is 0.0219. The molecule has 0 saturated heterocycles. The molecule has 2 atom stereocenters. The quantitative estimate of drug-likeness (QED) is 0.945. The molecule has 0 aliphatic heterocycles. The summed E-state index contributed by atoms with van der Waals surface area (Å²) >= 11 is 5.77. The van der Waals surface area contributed by atoms with E-state index >= 15 is 0 Å². The van der Waals surface area contributed by atoms with E-state index in [1.54, 1.807) is 12.1 Å². The molecule has 3 rings (SSSR count). The number of nitrogens with two attached hydrogens (primary N) is 1. The van der Waals surface area contributed by atoms with Crippen LogP contribution in [0.2, 0.25) is 5.02 Å². The van der Waals surface area contributed by atoms with Gasteiger partial charge in [-0.25, -0.2) is 4.39 Å². The molecule has 1 aromatic carbocycles. The molecule has 1 aromatic heterocycles. The van der Waals surface area contributed by atoms with Gasteiger partial charge in [0.15, 0.2) is 5.82 Å². The highest BCUT2D eigenvalue weighted by molar-refractivity contribution is 6.30. The standard InChI is InChI=1S/C15H17ClFN3O/c1-15(7-3-6-11(15)18)14-19-12(20-21-14)8-9-4-2-5-10(16)13(9)17/h2,4-5,11H,3,6-8,18H2,1H3. The van der Waals surface area contributed by atoms with Crippen LogP contribution in [0.1, 0.15) is 43.5 Å². The van der Waals surface area contributed by atoms with Crippen molar-refractivity contribution in [2.75, 3.05) is 0 Å². The maximum absolute atomic E-state index is 13.9. The summed E-state index contributed by atoms with van der Waals surface area (Å²) in [6.45, 7) is 2.04. The van der Waals surface area contributed by atoms with Gasteiger partial charge in [0.1, 0.15) is 5.82 Å². The first-order chi connectivity index (χ1) is 10.0. The molecule has 6 heteroatoms. The van der Waals surface area contributed by atoms with Crippen molar-refractivity contribution in [1.29, 1.82) is 0 Å². The van der Waals surface area contributed by atoms with E-state index in [0.717, 1.165) is 19.3 Å². The number of hydrogen-bond acceptors (Lipinski definition) is 4. The Morgan fingerprint density at radius 1 is 1.52 bits per heavy atom. The molecule has 1 aliphatic carbocycles. The van der Waals surface area contributed by atoms with E-state index in [1.807, 2.05) is 6.92 Å². The van der Waals surface area contributed by atoms with Crippen LogP contribution in [0, 0.1) is 5.82 Å². The number of halogens is 2. The summed E-state index contributed by atoms with van der Waals surface area (Å²) in [4.78, 5) is 4.41. The third-order valence-corrected chi connectivity index (χ3v) is 4.66. The van der Waals surface area contributed by atoms with Gasteiger partial charge in [-0.3, -0.25) is 0 Å². The highest BCUT2D eigenvalue weighted by atomic mass is 35.5. The van der Waals surface area contributed by atoms with E-state index in [9.17, 15) is 4.39 Å². The first-order valence-electron chi connectivity index (χ1n) is 7.02. The Hall–Kier alpha value is -1.46. The van der Waals surface area contributed by atoms with Crippen molar-refractivity contribution in [1.82, 2.24) is 10.1 Å². The SMILES string of the molecule is CC1(c2nc(Cc3cccc(Cl)c3F)no2)CCCC1N. The molecular weight excluding hydrogens is 293 g/mol. The van der Waals surface area contributed by atoms with E-state index in [-0.39, 0.29) is 22.9 Å². The zero-order valence-electron chi connectivity index (χ0n) is 11.8. The van der Waals surface area contributed by atoms with Crippen LogP contribution in [-0.4, -0.2) is 16.2 Å². The Morgan fingerprint density at radius 2 is 2.33 bits per heavy atom. The molecular formula is C15H17ClFN3O. The van der Waals surface area contributed by atoms with Crippen LogP contribution < -0.4 is 5.73 Å². The summed E-state index contributed by atoms with van der Waals surface area (Å²) in [5, 5.41) is 4.05. The predicted molar refractivity (Wildman–Crippen MR) is 77.7 cm³/mol. The molecule has 21 heavy (non-hydrogen) atoms. The van der Waals surface area contributed by atoms with Gasteiger partial charge in [0, 0.05) is 12.5 Å². The number of rotatable bonds is 3. The minimum Gasteiger partial charge on any atom is -0.339 e. The predicted octanol–water partition coefficient (Wildman–Crippen LogP) is 3.22. The van der Waals surface area contributed by atoms with E-state index in [0.29, 0.717) is 17.3 Å². The van der Waals surface area contributed by atoms with E-state index < -0.39 is 5.82 Å². The fourth-order valence-electron chi connectivity index (χ4n) is 2.87. The Labute approximate surface area is 127 Å². The van der Waals surface area contributed by atoms with Crippen molar-refractivity contribution in [3.05, 3.63) is 46.3 Å². The largest absolute Gasteiger partial charge is 0.339 e. The van der Waals surface area contributed by atoms with E-state index in [2.05, 4.69) is 10.1 Å². The Morgan fingerprint density at radius 3 is 3.05 bits per heavy atom. The van der Waals surface area contributed by atoms with Crippen molar-refractivity contribution < 1.29 is 8.91 Å². The van der Waals surface area contributed by atoms with Gasteiger partial charge >= 0.3 is 0 Å². The van der Waals surface area contributed by atoms with E-state index in [4.69, 9.17) is 21.9 Å². The topological polar surface area (TPSA) is 64.9 Å². The fourth-order valence-corrected chi connectivity index (χ4v) is 3.07. The van der Waals surface area contributed by atoms with Gasteiger partial charge in [0.05, 0.1) is 10.4 Å².